The Morgan fingerprint density at radius 1 is 1.47 bits per heavy atom. The van der Waals surface area contributed by atoms with Crippen LogP contribution in [-0.2, 0) is 6.54 Å². The Kier molecular flexibility index (Phi) is 4.28. The summed E-state index contributed by atoms with van der Waals surface area (Å²) in [6, 6.07) is 2.94. The van der Waals surface area contributed by atoms with E-state index in [0.29, 0.717) is 0 Å². The van der Waals surface area contributed by atoms with Crippen molar-refractivity contribution in [2.24, 2.45) is 0 Å². The molecule has 3 rings (SSSR count). The highest BCUT2D eigenvalue weighted by Gasteiger charge is 2.23. The second-order valence-electron chi connectivity index (χ2n) is 5.51. The summed E-state index contributed by atoms with van der Waals surface area (Å²) in [5.41, 5.74) is 2.75. The molecule has 3 nitrogen and oxygen atoms in total. The fourth-order valence-electron chi connectivity index (χ4n) is 2.58. The highest BCUT2D eigenvalue weighted by Crippen LogP contribution is 2.28. The van der Waals surface area contributed by atoms with E-state index in [-0.39, 0.29) is 0 Å². The third-order valence-electron chi connectivity index (χ3n) is 3.98. The molecule has 0 aromatic carbocycles. The minimum atomic E-state index is 0.765. The maximum absolute atomic E-state index is 4.34. The van der Waals surface area contributed by atoms with Crippen LogP contribution >= 0.6 is 11.8 Å². The van der Waals surface area contributed by atoms with Crippen LogP contribution in [-0.4, -0.2) is 35.1 Å². The van der Waals surface area contributed by atoms with Crippen LogP contribution < -0.4 is 10.2 Å². The molecule has 1 atom stereocenters. The molecule has 19 heavy (non-hydrogen) atoms. The van der Waals surface area contributed by atoms with Gasteiger partial charge in [-0.1, -0.05) is 6.92 Å². The van der Waals surface area contributed by atoms with Gasteiger partial charge in [-0.3, -0.25) is 4.98 Å². The molecular formula is C15H23N3S. The van der Waals surface area contributed by atoms with Gasteiger partial charge in [0.2, 0.25) is 0 Å². The zero-order valence-corrected chi connectivity index (χ0v) is 12.5. The van der Waals surface area contributed by atoms with Gasteiger partial charge >= 0.3 is 0 Å². The molecule has 0 radical (unpaired) electrons. The lowest BCUT2D eigenvalue weighted by atomic mass is 10.2. The van der Waals surface area contributed by atoms with Crippen molar-refractivity contribution in [2.45, 2.75) is 44.0 Å². The first-order chi connectivity index (χ1) is 9.36. The number of hydrogen-bond donors (Lipinski definition) is 1. The molecule has 2 heterocycles. The molecule has 1 saturated carbocycles. The number of pyridine rings is 1. The van der Waals surface area contributed by atoms with Crippen molar-refractivity contribution < 1.29 is 0 Å². The lowest BCUT2D eigenvalue weighted by Crippen LogP contribution is -2.38. The number of thioether (sulfide) groups is 1. The summed E-state index contributed by atoms with van der Waals surface area (Å²) < 4.78 is 0. The molecule has 2 aliphatic rings. The van der Waals surface area contributed by atoms with Crippen molar-refractivity contribution in [3.8, 4) is 0 Å². The van der Waals surface area contributed by atoms with Crippen LogP contribution in [0.15, 0.2) is 18.5 Å². The predicted octanol–water partition coefficient (Wildman–Crippen LogP) is 2.67. The van der Waals surface area contributed by atoms with Crippen molar-refractivity contribution in [2.75, 3.05) is 23.7 Å². The quantitative estimate of drug-likeness (QED) is 0.895. The summed E-state index contributed by atoms with van der Waals surface area (Å²) in [6.07, 6.45) is 7.92. The van der Waals surface area contributed by atoms with Crippen molar-refractivity contribution in [3.05, 3.63) is 24.0 Å². The minimum Gasteiger partial charge on any atom is -0.368 e. The molecule has 1 aromatic rings. The zero-order chi connectivity index (χ0) is 13.1. The molecule has 1 aromatic heterocycles. The van der Waals surface area contributed by atoms with E-state index in [9.17, 15) is 0 Å². The molecule has 0 bridgehead atoms. The number of hydrogen-bond acceptors (Lipinski definition) is 4. The lowest BCUT2D eigenvalue weighted by molar-refractivity contribution is 0.676. The number of aromatic nitrogens is 1. The van der Waals surface area contributed by atoms with E-state index >= 15 is 0 Å². The summed E-state index contributed by atoms with van der Waals surface area (Å²) in [5, 5.41) is 4.39. The van der Waals surface area contributed by atoms with Crippen molar-refractivity contribution in [1.82, 2.24) is 10.3 Å². The Labute approximate surface area is 120 Å². The molecule has 1 aliphatic carbocycles. The first kappa shape index (κ1) is 13.3. The van der Waals surface area contributed by atoms with E-state index < -0.39 is 0 Å². The molecule has 0 amide bonds. The summed E-state index contributed by atoms with van der Waals surface area (Å²) in [6.45, 7) is 5.61. The largest absolute Gasteiger partial charge is 0.368 e. The normalized spacial score (nSPS) is 23.6. The van der Waals surface area contributed by atoms with Crippen LogP contribution in [0.3, 0.4) is 0 Å². The van der Waals surface area contributed by atoms with E-state index in [1.807, 2.05) is 12.4 Å². The van der Waals surface area contributed by atoms with Gasteiger partial charge in [0.05, 0.1) is 11.9 Å². The summed E-state index contributed by atoms with van der Waals surface area (Å²) in [5.74, 6) is 1.24. The Balaban J connectivity index is 1.70. The third-order valence-corrected chi connectivity index (χ3v) is 5.35. The summed E-state index contributed by atoms with van der Waals surface area (Å²) in [7, 11) is 0. The molecule has 1 N–H and O–H groups in total. The fraction of sp³-hybridized carbons (Fsp3) is 0.667. The third kappa shape index (κ3) is 3.42. The highest BCUT2D eigenvalue weighted by atomic mass is 32.2. The Bertz CT molecular complexity index is 420. The summed E-state index contributed by atoms with van der Waals surface area (Å²) >= 11 is 2.12. The fourth-order valence-corrected chi connectivity index (χ4v) is 3.76. The van der Waals surface area contributed by atoms with Crippen LogP contribution in [0, 0.1) is 0 Å². The number of anilines is 1. The van der Waals surface area contributed by atoms with Gasteiger partial charge in [-0.25, -0.2) is 0 Å². The van der Waals surface area contributed by atoms with Gasteiger partial charge < -0.3 is 10.2 Å². The second-order valence-corrected chi connectivity index (χ2v) is 6.91. The van der Waals surface area contributed by atoms with Crippen molar-refractivity contribution >= 4 is 17.4 Å². The molecule has 4 heteroatoms. The Morgan fingerprint density at radius 2 is 2.37 bits per heavy atom. The zero-order valence-electron chi connectivity index (χ0n) is 11.6. The number of rotatable bonds is 5. The van der Waals surface area contributed by atoms with Gasteiger partial charge in [-0.05, 0) is 30.9 Å². The Hall–Kier alpha value is -0.740. The van der Waals surface area contributed by atoms with Crippen LogP contribution in [0.2, 0.25) is 0 Å². The van der Waals surface area contributed by atoms with Crippen LogP contribution in [0.25, 0.3) is 0 Å². The molecule has 0 spiro atoms. The van der Waals surface area contributed by atoms with Crippen LogP contribution in [0.5, 0.6) is 0 Å². The maximum Gasteiger partial charge on any atom is 0.0599 e. The molecule has 104 valence electrons. The average molecular weight is 277 g/mol. The second kappa shape index (κ2) is 6.14. The molecule has 2 fully saturated rings. The van der Waals surface area contributed by atoms with E-state index in [0.717, 1.165) is 24.4 Å². The van der Waals surface area contributed by atoms with Crippen LogP contribution in [0.1, 0.15) is 31.7 Å². The van der Waals surface area contributed by atoms with Crippen molar-refractivity contribution in [3.63, 3.8) is 0 Å². The van der Waals surface area contributed by atoms with Gasteiger partial charge in [0.15, 0.2) is 0 Å². The maximum atomic E-state index is 4.34. The monoisotopic (exact) mass is 277 g/mol. The van der Waals surface area contributed by atoms with Gasteiger partial charge in [0, 0.05) is 42.9 Å². The molecule has 1 saturated heterocycles. The van der Waals surface area contributed by atoms with Gasteiger partial charge in [0.25, 0.3) is 0 Å². The Morgan fingerprint density at radius 3 is 3.16 bits per heavy atom. The topological polar surface area (TPSA) is 28.2 Å². The van der Waals surface area contributed by atoms with Gasteiger partial charge in [0.1, 0.15) is 0 Å². The number of nitrogens with zero attached hydrogens (tertiary/aromatic N) is 2. The minimum absolute atomic E-state index is 0.765. The van der Waals surface area contributed by atoms with E-state index in [2.05, 4.69) is 40.0 Å². The van der Waals surface area contributed by atoms with Gasteiger partial charge in [-0.15, -0.1) is 0 Å². The molecular weight excluding hydrogens is 254 g/mol. The van der Waals surface area contributed by atoms with E-state index in [4.69, 9.17) is 0 Å². The standard InChI is InChI=1S/C15H23N3S/c1-2-14-11-18(7-8-19-14)15-10-16-6-5-12(15)9-17-13-3-4-13/h5-6,10,13-14,17H,2-4,7-9,11H2,1H3. The highest BCUT2D eigenvalue weighted by molar-refractivity contribution is 8.00. The van der Waals surface area contributed by atoms with Crippen LogP contribution in [0.4, 0.5) is 5.69 Å². The lowest BCUT2D eigenvalue weighted by Gasteiger charge is -2.34. The van der Waals surface area contributed by atoms with Crippen molar-refractivity contribution in [1.29, 1.82) is 0 Å². The number of nitrogens with one attached hydrogen (secondary N) is 1. The first-order valence-corrected chi connectivity index (χ1v) is 8.44. The van der Waals surface area contributed by atoms with Gasteiger partial charge in [-0.2, -0.15) is 11.8 Å². The van der Waals surface area contributed by atoms with E-state index in [1.54, 1.807) is 0 Å². The smallest absolute Gasteiger partial charge is 0.0599 e. The molecule has 1 unspecified atom stereocenters. The average Bonchev–Trinajstić information content (AvgIpc) is 3.30. The molecule has 1 aliphatic heterocycles. The summed E-state index contributed by atoms with van der Waals surface area (Å²) in [4.78, 5) is 6.87. The van der Waals surface area contributed by atoms with E-state index in [1.165, 1.54) is 42.8 Å². The first-order valence-electron chi connectivity index (χ1n) is 7.39. The SMILES string of the molecule is CCC1CN(c2cnccc2CNC2CC2)CCS1. The predicted molar refractivity (Wildman–Crippen MR) is 82.8 cm³/mol.